The van der Waals surface area contributed by atoms with E-state index in [0.29, 0.717) is 42.4 Å². The molecule has 1 atom stereocenters. The highest BCUT2D eigenvalue weighted by atomic mass is 35.5. The van der Waals surface area contributed by atoms with Crippen LogP contribution >= 0.6 is 24.0 Å². The molecule has 1 fully saturated rings. The number of ether oxygens (including phenoxy) is 1. The Labute approximate surface area is 197 Å². The van der Waals surface area contributed by atoms with Crippen LogP contribution in [-0.4, -0.2) is 43.6 Å². The highest BCUT2D eigenvalue weighted by Gasteiger charge is 2.38. The second-order valence-corrected chi connectivity index (χ2v) is 7.73. The molecule has 0 spiro atoms. The van der Waals surface area contributed by atoms with Gasteiger partial charge in [0.2, 0.25) is 0 Å². The molecular weight excluding hydrogens is 497 g/mol. The van der Waals surface area contributed by atoms with Crippen molar-refractivity contribution in [2.75, 3.05) is 26.7 Å². The summed E-state index contributed by atoms with van der Waals surface area (Å²) in [5, 5.41) is 3.48. The second kappa shape index (κ2) is 10.4. The minimum atomic E-state index is -5.03. The van der Waals surface area contributed by atoms with E-state index in [0.717, 1.165) is 5.56 Å². The van der Waals surface area contributed by atoms with Gasteiger partial charge in [0.25, 0.3) is 5.91 Å². The van der Waals surface area contributed by atoms with E-state index in [1.54, 1.807) is 18.2 Å². The highest BCUT2D eigenvalue weighted by molar-refractivity contribution is 6.32. The van der Waals surface area contributed by atoms with Crippen LogP contribution in [0.2, 0.25) is 5.02 Å². The van der Waals surface area contributed by atoms with Crippen LogP contribution in [0.15, 0.2) is 36.4 Å². The van der Waals surface area contributed by atoms with E-state index in [-0.39, 0.29) is 25.0 Å². The normalized spacial score (nSPS) is 16.8. The van der Waals surface area contributed by atoms with Gasteiger partial charge in [-0.15, -0.1) is 12.4 Å². The summed E-state index contributed by atoms with van der Waals surface area (Å²) in [6.45, 7) is 0.810. The fraction of sp³-hybridized carbons (Fsp3) is 0.381. The van der Waals surface area contributed by atoms with E-state index in [9.17, 15) is 31.1 Å². The summed E-state index contributed by atoms with van der Waals surface area (Å²) >= 11 is 6.02. The second-order valence-electron chi connectivity index (χ2n) is 7.32. The third kappa shape index (κ3) is 6.45. The molecule has 0 bridgehead atoms. The smallest absolute Gasteiger partial charge is 0.416 e. The molecule has 1 N–H and O–H groups in total. The van der Waals surface area contributed by atoms with Gasteiger partial charge in [0.05, 0.1) is 23.3 Å². The number of hydrogen-bond donors (Lipinski definition) is 1. The van der Waals surface area contributed by atoms with E-state index >= 15 is 0 Å². The first-order valence-corrected chi connectivity index (χ1v) is 9.91. The molecule has 2 aromatic rings. The maximum absolute atomic E-state index is 13.2. The molecule has 0 radical (unpaired) electrons. The molecule has 33 heavy (non-hydrogen) atoms. The Morgan fingerprint density at radius 2 is 1.70 bits per heavy atom. The maximum atomic E-state index is 13.2. The molecular formula is C21H20Cl2F6N2O2. The number of nitrogens with zero attached hydrogens (tertiary/aromatic N) is 1. The van der Waals surface area contributed by atoms with Crippen molar-refractivity contribution in [3.8, 4) is 5.75 Å². The molecule has 1 amide bonds. The molecule has 4 nitrogen and oxygen atoms in total. The molecule has 1 aliphatic heterocycles. The van der Waals surface area contributed by atoms with Gasteiger partial charge in [-0.05, 0) is 42.3 Å². The Bertz CT molecular complexity index is 965. The van der Waals surface area contributed by atoms with Crippen LogP contribution in [0.3, 0.4) is 0 Å². The molecule has 2 aromatic carbocycles. The molecule has 12 heteroatoms. The SMILES string of the molecule is COc1cc(C[C@@H]2CNCCN2C(=O)c2cc(C(F)(F)F)cc(C(F)(F)F)c2)ccc1Cl.Cl. The summed E-state index contributed by atoms with van der Waals surface area (Å²) in [7, 11) is 1.44. The summed E-state index contributed by atoms with van der Waals surface area (Å²) in [5.74, 6) is -0.479. The van der Waals surface area contributed by atoms with Gasteiger partial charge in [0.15, 0.2) is 0 Å². The fourth-order valence-electron chi connectivity index (χ4n) is 3.56. The predicted molar refractivity (Wildman–Crippen MR) is 113 cm³/mol. The van der Waals surface area contributed by atoms with Gasteiger partial charge < -0.3 is 15.0 Å². The zero-order valence-electron chi connectivity index (χ0n) is 17.2. The molecule has 0 aliphatic carbocycles. The number of methoxy groups -OCH3 is 1. The number of hydrogen-bond acceptors (Lipinski definition) is 3. The molecule has 3 rings (SSSR count). The number of carbonyl (C=O) groups excluding carboxylic acids is 1. The average molecular weight is 517 g/mol. The molecule has 0 saturated carbocycles. The Morgan fingerprint density at radius 1 is 1.09 bits per heavy atom. The molecule has 1 heterocycles. The van der Waals surface area contributed by atoms with E-state index in [1.165, 1.54) is 12.0 Å². The Hall–Kier alpha value is -2.17. The Balaban J connectivity index is 0.00000385. The van der Waals surface area contributed by atoms with Gasteiger partial charge >= 0.3 is 12.4 Å². The lowest BCUT2D eigenvalue weighted by Crippen LogP contribution is -2.54. The molecule has 0 aromatic heterocycles. The number of benzene rings is 2. The topological polar surface area (TPSA) is 41.6 Å². The van der Waals surface area contributed by atoms with Crippen LogP contribution in [-0.2, 0) is 18.8 Å². The van der Waals surface area contributed by atoms with Crippen molar-refractivity contribution in [1.29, 1.82) is 0 Å². The van der Waals surface area contributed by atoms with Gasteiger partial charge in [-0.3, -0.25) is 4.79 Å². The first-order chi connectivity index (χ1) is 14.9. The number of alkyl halides is 6. The van der Waals surface area contributed by atoms with Gasteiger partial charge in [-0.25, -0.2) is 0 Å². The van der Waals surface area contributed by atoms with Crippen LogP contribution in [0.1, 0.15) is 27.0 Å². The monoisotopic (exact) mass is 516 g/mol. The van der Waals surface area contributed by atoms with Gasteiger partial charge in [0, 0.05) is 31.2 Å². The van der Waals surface area contributed by atoms with Crippen molar-refractivity contribution < 1.29 is 35.9 Å². The zero-order valence-corrected chi connectivity index (χ0v) is 18.8. The third-order valence-electron chi connectivity index (χ3n) is 5.13. The molecule has 0 unspecified atom stereocenters. The predicted octanol–water partition coefficient (Wildman–Crippen LogP) is 5.46. The van der Waals surface area contributed by atoms with Gasteiger partial charge in [-0.1, -0.05) is 17.7 Å². The lowest BCUT2D eigenvalue weighted by molar-refractivity contribution is -0.143. The van der Waals surface area contributed by atoms with Crippen molar-refractivity contribution >= 4 is 29.9 Å². The minimum Gasteiger partial charge on any atom is -0.495 e. The van der Waals surface area contributed by atoms with Crippen LogP contribution < -0.4 is 10.1 Å². The Morgan fingerprint density at radius 3 is 2.24 bits per heavy atom. The summed E-state index contributed by atoms with van der Waals surface area (Å²) < 4.78 is 84.3. The molecule has 1 aliphatic rings. The molecule has 1 saturated heterocycles. The zero-order chi connectivity index (χ0) is 23.7. The lowest BCUT2D eigenvalue weighted by Gasteiger charge is -2.36. The largest absolute Gasteiger partial charge is 0.495 e. The van der Waals surface area contributed by atoms with Crippen LogP contribution in [0.5, 0.6) is 5.75 Å². The number of halogens is 8. The third-order valence-corrected chi connectivity index (χ3v) is 5.44. The van der Waals surface area contributed by atoms with Gasteiger partial charge in [-0.2, -0.15) is 26.3 Å². The quantitative estimate of drug-likeness (QED) is 0.548. The number of piperazine rings is 1. The van der Waals surface area contributed by atoms with Gasteiger partial charge in [0.1, 0.15) is 5.75 Å². The maximum Gasteiger partial charge on any atom is 0.416 e. The van der Waals surface area contributed by atoms with E-state index in [1.807, 2.05) is 0 Å². The standard InChI is InChI=1S/C21H19ClF6N2O2.ClH/c1-32-18-7-12(2-3-17(18)22)6-16-11-29-4-5-30(16)19(31)13-8-14(20(23,24)25)10-15(9-13)21(26,27)28;/h2-3,7-10,16,29H,4-6,11H2,1H3;1H/t16-;/m1./s1. The van der Waals surface area contributed by atoms with E-state index < -0.39 is 41.0 Å². The molecule has 182 valence electrons. The van der Waals surface area contributed by atoms with E-state index in [2.05, 4.69) is 5.32 Å². The number of rotatable bonds is 4. The lowest BCUT2D eigenvalue weighted by atomic mass is 9.99. The van der Waals surface area contributed by atoms with Crippen molar-refractivity contribution in [3.63, 3.8) is 0 Å². The number of amides is 1. The van der Waals surface area contributed by atoms with Crippen molar-refractivity contribution in [3.05, 3.63) is 63.7 Å². The summed E-state index contributed by atoms with van der Waals surface area (Å²) in [6, 6.07) is 5.43. The minimum absolute atomic E-state index is 0. The first-order valence-electron chi connectivity index (χ1n) is 9.53. The van der Waals surface area contributed by atoms with Crippen LogP contribution in [0, 0.1) is 0 Å². The summed E-state index contributed by atoms with van der Waals surface area (Å²) in [5.41, 5.74) is -2.96. The van der Waals surface area contributed by atoms with Crippen molar-refractivity contribution in [1.82, 2.24) is 10.2 Å². The fourth-order valence-corrected chi connectivity index (χ4v) is 3.75. The average Bonchev–Trinajstić information content (AvgIpc) is 2.73. The summed E-state index contributed by atoms with van der Waals surface area (Å²) in [4.78, 5) is 14.4. The number of nitrogens with one attached hydrogen (secondary N) is 1. The summed E-state index contributed by atoms with van der Waals surface area (Å²) in [6.07, 6.45) is -9.75. The van der Waals surface area contributed by atoms with Crippen molar-refractivity contribution in [2.24, 2.45) is 0 Å². The van der Waals surface area contributed by atoms with Crippen LogP contribution in [0.4, 0.5) is 26.3 Å². The Kier molecular flexibility index (Phi) is 8.53. The number of carbonyl (C=O) groups is 1. The van der Waals surface area contributed by atoms with E-state index in [4.69, 9.17) is 16.3 Å². The van der Waals surface area contributed by atoms with Crippen LogP contribution in [0.25, 0.3) is 0 Å². The van der Waals surface area contributed by atoms with Crippen molar-refractivity contribution in [2.45, 2.75) is 24.8 Å². The first kappa shape index (κ1) is 27.1. The highest BCUT2D eigenvalue weighted by Crippen LogP contribution is 2.37.